The summed E-state index contributed by atoms with van der Waals surface area (Å²) in [5.74, 6) is 2.18. The van der Waals surface area contributed by atoms with Gasteiger partial charge in [-0.3, -0.25) is 0 Å². The van der Waals surface area contributed by atoms with Crippen LogP contribution in [0, 0.1) is 0 Å². The number of rotatable bonds is 6. The van der Waals surface area contributed by atoms with Gasteiger partial charge in [-0.15, -0.1) is 5.10 Å². The van der Waals surface area contributed by atoms with Crippen molar-refractivity contribution >= 4 is 18.1 Å². The minimum absolute atomic E-state index is 0.210. The highest BCUT2D eigenvalue weighted by molar-refractivity contribution is 5.58. The van der Waals surface area contributed by atoms with Gasteiger partial charge in [-0.1, -0.05) is 26.0 Å². The van der Waals surface area contributed by atoms with Crippen LogP contribution in [-0.4, -0.2) is 44.9 Å². The second kappa shape index (κ2) is 7.51. The number of benzene rings is 1. The van der Waals surface area contributed by atoms with Crippen molar-refractivity contribution in [2.75, 3.05) is 14.1 Å². The Morgan fingerprint density at radius 1 is 1.12 bits per heavy atom. The number of nitrogens with zero attached hydrogens (tertiary/aromatic N) is 6. The highest BCUT2D eigenvalue weighted by atomic mass is 16.5. The van der Waals surface area contributed by atoms with Gasteiger partial charge in [0.15, 0.2) is 0 Å². The third-order valence-corrected chi connectivity index (χ3v) is 3.94. The lowest BCUT2D eigenvalue weighted by Crippen LogP contribution is -2.10. The first kappa shape index (κ1) is 17.8. The molecule has 0 radical (unpaired) electrons. The number of ether oxygens (including phenoxy) is 1. The first-order valence-corrected chi connectivity index (χ1v) is 8.63. The Morgan fingerprint density at radius 2 is 1.85 bits per heavy atom. The monoisotopic (exact) mass is 352 g/mol. The number of hydrogen-bond acceptors (Lipinski definition) is 5. The van der Waals surface area contributed by atoms with Crippen LogP contribution in [0.5, 0.6) is 5.75 Å². The number of aromatic nitrogens is 4. The zero-order valence-electron chi connectivity index (χ0n) is 15.8. The lowest BCUT2D eigenvalue weighted by atomic mass is 10.0. The molecule has 0 bridgehead atoms. The van der Waals surface area contributed by atoms with Gasteiger partial charge in [-0.25, -0.2) is 9.98 Å². The van der Waals surface area contributed by atoms with Crippen LogP contribution in [0.3, 0.4) is 0 Å². The van der Waals surface area contributed by atoms with Crippen molar-refractivity contribution in [1.29, 1.82) is 0 Å². The van der Waals surface area contributed by atoms with Crippen molar-refractivity contribution in [2.24, 2.45) is 4.99 Å². The third-order valence-electron chi connectivity index (χ3n) is 3.94. The van der Waals surface area contributed by atoms with E-state index in [0.717, 1.165) is 11.4 Å². The van der Waals surface area contributed by atoms with Gasteiger partial charge in [-0.2, -0.15) is 9.50 Å². The Bertz CT molecular complexity index is 898. The van der Waals surface area contributed by atoms with E-state index in [4.69, 9.17) is 4.74 Å². The first-order valence-electron chi connectivity index (χ1n) is 8.63. The molecule has 0 aliphatic carbocycles. The summed E-state index contributed by atoms with van der Waals surface area (Å²) in [4.78, 5) is 14.6. The summed E-state index contributed by atoms with van der Waals surface area (Å²) in [5, 5.41) is 4.42. The second-order valence-corrected chi connectivity index (χ2v) is 6.69. The Balaban J connectivity index is 1.84. The predicted molar refractivity (Wildman–Crippen MR) is 102 cm³/mol. The van der Waals surface area contributed by atoms with E-state index in [9.17, 15) is 0 Å². The van der Waals surface area contributed by atoms with Crippen molar-refractivity contribution in [2.45, 2.75) is 32.8 Å². The molecule has 1 aromatic carbocycles. The number of aliphatic imine (C=N–C) groups is 1. The molecular weight excluding hydrogens is 328 g/mol. The standard InChI is InChI=1S/C19H24N6O/c1-13(2)15-6-8-16(9-7-15)26-14(3)17-10-11-20-19-22-18(23-25(17)19)21-12-24(4)5/h6-14H,1-5H3. The van der Waals surface area contributed by atoms with Gasteiger partial charge in [0.25, 0.3) is 11.7 Å². The molecule has 3 rings (SSSR count). The molecule has 2 heterocycles. The molecule has 7 heteroatoms. The van der Waals surface area contributed by atoms with Crippen molar-refractivity contribution in [1.82, 2.24) is 24.5 Å². The normalized spacial score (nSPS) is 12.8. The second-order valence-electron chi connectivity index (χ2n) is 6.69. The molecule has 1 unspecified atom stereocenters. The van der Waals surface area contributed by atoms with E-state index in [-0.39, 0.29) is 6.10 Å². The summed E-state index contributed by atoms with van der Waals surface area (Å²) in [6.45, 7) is 6.33. The van der Waals surface area contributed by atoms with E-state index >= 15 is 0 Å². The zero-order chi connectivity index (χ0) is 18.7. The summed E-state index contributed by atoms with van der Waals surface area (Å²) < 4.78 is 7.76. The number of hydrogen-bond donors (Lipinski definition) is 0. The molecule has 3 aromatic rings. The molecule has 0 N–H and O–H groups in total. The van der Waals surface area contributed by atoms with E-state index in [1.165, 1.54) is 5.56 Å². The highest BCUT2D eigenvalue weighted by Gasteiger charge is 2.15. The van der Waals surface area contributed by atoms with E-state index < -0.39 is 0 Å². The van der Waals surface area contributed by atoms with Crippen molar-refractivity contribution in [3.63, 3.8) is 0 Å². The minimum Gasteiger partial charge on any atom is -0.484 e. The van der Waals surface area contributed by atoms with Crippen LogP contribution < -0.4 is 4.74 Å². The van der Waals surface area contributed by atoms with E-state index in [1.54, 1.807) is 17.1 Å². The smallest absolute Gasteiger partial charge is 0.272 e. The summed E-state index contributed by atoms with van der Waals surface area (Å²) in [6.07, 6.45) is 3.16. The Kier molecular flexibility index (Phi) is 5.16. The van der Waals surface area contributed by atoms with Crippen LogP contribution in [-0.2, 0) is 0 Å². The zero-order valence-corrected chi connectivity index (χ0v) is 15.8. The van der Waals surface area contributed by atoms with Gasteiger partial charge >= 0.3 is 0 Å². The molecule has 1 atom stereocenters. The van der Waals surface area contributed by atoms with Gasteiger partial charge in [0, 0.05) is 20.3 Å². The molecule has 0 saturated heterocycles. The fraction of sp³-hybridized carbons (Fsp3) is 0.368. The Labute approximate surface area is 153 Å². The fourth-order valence-electron chi connectivity index (χ4n) is 2.53. The molecule has 136 valence electrons. The maximum atomic E-state index is 6.09. The minimum atomic E-state index is -0.210. The van der Waals surface area contributed by atoms with Crippen LogP contribution in [0.1, 0.15) is 44.1 Å². The van der Waals surface area contributed by atoms with Crippen LogP contribution in [0.25, 0.3) is 5.78 Å². The van der Waals surface area contributed by atoms with Gasteiger partial charge in [-0.05, 0) is 36.6 Å². The van der Waals surface area contributed by atoms with Crippen LogP contribution in [0.15, 0.2) is 41.5 Å². The summed E-state index contributed by atoms with van der Waals surface area (Å²) in [7, 11) is 3.78. The molecule has 0 aliphatic rings. The molecule has 0 saturated carbocycles. The van der Waals surface area contributed by atoms with E-state index in [1.807, 2.05) is 44.1 Å². The molecule has 0 aliphatic heterocycles. The summed E-state index contributed by atoms with van der Waals surface area (Å²) in [5.41, 5.74) is 2.15. The van der Waals surface area contributed by atoms with Crippen LogP contribution in [0.2, 0.25) is 0 Å². The summed E-state index contributed by atoms with van der Waals surface area (Å²) in [6, 6.07) is 10.1. The quantitative estimate of drug-likeness (QED) is 0.501. The SMILES string of the molecule is CC(C)c1ccc(OC(C)c2ccnc3nc(N=CN(C)C)nn23)cc1. The molecule has 26 heavy (non-hydrogen) atoms. The lowest BCUT2D eigenvalue weighted by Gasteiger charge is -2.16. The molecule has 0 fully saturated rings. The molecule has 7 nitrogen and oxygen atoms in total. The predicted octanol–water partition coefficient (Wildman–Crippen LogP) is 3.61. The first-order chi connectivity index (χ1) is 12.4. The summed E-state index contributed by atoms with van der Waals surface area (Å²) >= 11 is 0. The van der Waals surface area contributed by atoms with Gasteiger partial charge in [0.05, 0.1) is 12.0 Å². The van der Waals surface area contributed by atoms with Crippen molar-refractivity contribution in [3.05, 3.63) is 47.8 Å². The van der Waals surface area contributed by atoms with Gasteiger partial charge in [0.2, 0.25) is 0 Å². The van der Waals surface area contributed by atoms with Gasteiger partial charge in [0.1, 0.15) is 11.9 Å². The fourth-order valence-corrected chi connectivity index (χ4v) is 2.53. The van der Waals surface area contributed by atoms with Crippen molar-refractivity contribution in [3.8, 4) is 5.75 Å². The largest absolute Gasteiger partial charge is 0.484 e. The molecule has 0 amide bonds. The number of fused-ring (bicyclic) bond motifs is 1. The average molecular weight is 352 g/mol. The highest BCUT2D eigenvalue weighted by Crippen LogP contribution is 2.24. The third kappa shape index (κ3) is 3.99. The molecule has 2 aromatic heterocycles. The maximum Gasteiger partial charge on any atom is 0.272 e. The van der Waals surface area contributed by atoms with Crippen LogP contribution in [0.4, 0.5) is 5.95 Å². The van der Waals surface area contributed by atoms with E-state index in [2.05, 4.69) is 46.0 Å². The molecule has 0 spiro atoms. The Morgan fingerprint density at radius 3 is 2.50 bits per heavy atom. The average Bonchev–Trinajstić information content (AvgIpc) is 3.03. The topological polar surface area (TPSA) is 67.9 Å². The Hall–Kier alpha value is -2.96. The maximum absolute atomic E-state index is 6.09. The molecular formula is C19H24N6O. The lowest BCUT2D eigenvalue weighted by molar-refractivity contribution is 0.218. The van der Waals surface area contributed by atoms with E-state index in [0.29, 0.717) is 17.6 Å². The van der Waals surface area contributed by atoms with Crippen LogP contribution >= 0.6 is 0 Å². The van der Waals surface area contributed by atoms with Gasteiger partial charge < -0.3 is 9.64 Å². The van der Waals surface area contributed by atoms with Crippen molar-refractivity contribution < 1.29 is 4.74 Å².